The van der Waals surface area contributed by atoms with Gasteiger partial charge >= 0.3 is 0 Å². The molecule has 0 bridgehead atoms. The molecule has 0 N–H and O–H groups in total. The van der Waals surface area contributed by atoms with Gasteiger partial charge in [0.15, 0.2) is 5.65 Å². The average molecular weight is 386 g/mol. The number of hydrogen-bond donors (Lipinski definition) is 0. The number of rotatable bonds is 3. The monoisotopic (exact) mass is 386 g/mol. The van der Waals surface area contributed by atoms with Gasteiger partial charge in [0.1, 0.15) is 16.9 Å². The number of benzene rings is 2. The molecule has 0 radical (unpaired) electrons. The summed E-state index contributed by atoms with van der Waals surface area (Å²) in [4.78, 5) is 28.7. The first-order valence-electron chi connectivity index (χ1n) is 8.83. The minimum Gasteiger partial charge on any atom is -0.495 e. The van der Waals surface area contributed by atoms with Crippen LogP contribution in [0.5, 0.6) is 5.75 Å². The van der Waals surface area contributed by atoms with Crippen LogP contribution in [0.15, 0.2) is 71.7 Å². The van der Waals surface area contributed by atoms with Crippen molar-refractivity contribution in [2.24, 2.45) is 0 Å². The van der Waals surface area contributed by atoms with Gasteiger partial charge in [-0.15, -0.1) is 0 Å². The zero-order chi connectivity index (χ0) is 20.1. The number of pyridine rings is 2. The number of fused-ring (bicyclic) bond motifs is 5. The van der Waals surface area contributed by atoms with Gasteiger partial charge in [0.2, 0.25) is 0 Å². The van der Waals surface area contributed by atoms with Crippen LogP contribution in [0, 0.1) is 10.1 Å². The predicted octanol–water partition coefficient (Wildman–Crippen LogP) is 3.71. The fraction of sp³-hybridized carbons (Fsp3) is 0.0476. The summed E-state index contributed by atoms with van der Waals surface area (Å²) in [6.45, 7) is 0. The van der Waals surface area contributed by atoms with Crippen LogP contribution in [0.3, 0.4) is 0 Å². The molecule has 29 heavy (non-hydrogen) atoms. The van der Waals surface area contributed by atoms with E-state index in [2.05, 4.69) is 0 Å². The Hall–Kier alpha value is -4.20. The fourth-order valence-corrected chi connectivity index (χ4v) is 3.58. The van der Waals surface area contributed by atoms with Crippen molar-refractivity contribution in [1.29, 1.82) is 0 Å². The van der Waals surface area contributed by atoms with Crippen LogP contribution in [0.1, 0.15) is 0 Å². The second-order valence-electron chi connectivity index (χ2n) is 6.54. The van der Waals surface area contributed by atoms with E-state index in [0.717, 1.165) is 5.39 Å². The number of hydrogen-bond acceptors (Lipinski definition) is 5. The number of nitro groups is 1. The standard InChI is InChI=1S/C21H14N4O4/c1-29-15-10-11-18-22-19-16-4-2-3-5-17(16)21(26)24(20(19)23(18)12-15)13-6-8-14(9-7-13)25(27)28/h2-12H,1H3. The highest BCUT2D eigenvalue weighted by atomic mass is 16.6. The number of ether oxygens (including phenoxy) is 1. The Bertz CT molecular complexity index is 1480. The van der Waals surface area contributed by atoms with E-state index in [1.54, 1.807) is 48.0 Å². The molecule has 0 spiro atoms. The van der Waals surface area contributed by atoms with Gasteiger partial charge in [0.25, 0.3) is 11.2 Å². The second-order valence-corrected chi connectivity index (χ2v) is 6.54. The van der Waals surface area contributed by atoms with Gasteiger partial charge in [-0.05, 0) is 30.3 Å². The highest BCUT2D eigenvalue weighted by molar-refractivity contribution is 6.04. The molecule has 0 aliphatic carbocycles. The van der Waals surface area contributed by atoms with Gasteiger partial charge in [0, 0.05) is 22.9 Å². The summed E-state index contributed by atoms with van der Waals surface area (Å²) in [7, 11) is 1.57. The molecule has 0 unspecified atom stereocenters. The molecule has 142 valence electrons. The van der Waals surface area contributed by atoms with Crippen LogP contribution in [-0.4, -0.2) is 26.0 Å². The van der Waals surface area contributed by atoms with Gasteiger partial charge in [-0.2, -0.15) is 0 Å². The lowest BCUT2D eigenvalue weighted by Crippen LogP contribution is -2.20. The van der Waals surface area contributed by atoms with E-state index < -0.39 is 4.92 Å². The Kier molecular flexibility index (Phi) is 3.60. The number of non-ortho nitro benzene ring substituents is 1. The average Bonchev–Trinajstić information content (AvgIpc) is 3.13. The molecule has 0 aliphatic heterocycles. The molecule has 0 atom stereocenters. The summed E-state index contributed by atoms with van der Waals surface area (Å²) in [5.41, 5.74) is 2.13. The topological polar surface area (TPSA) is 91.7 Å². The highest BCUT2D eigenvalue weighted by Gasteiger charge is 2.18. The zero-order valence-electron chi connectivity index (χ0n) is 15.3. The Labute approximate surface area is 163 Å². The van der Waals surface area contributed by atoms with Gasteiger partial charge < -0.3 is 4.74 Å². The van der Waals surface area contributed by atoms with E-state index >= 15 is 0 Å². The molecule has 0 fully saturated rings. The molecular weight excluding hydrogens is 372 g/mol. The zero-order valence-corrected chi connectivity index (χ0v) is 15.3. The molecule has 2 aromatic carbocycles. The Morgan fingerprint density at radius 2 is 1.72 bits per heavy atom. The van der Waals surface area contributed by atoms with E-state index in [9.17, 15) is 14.9 Å². The van der Waals surface area contributed by atoms with Gasteiger partial charge in [-0.1, -0.05) is 18.2 Å². The van der Waals surface area contributed by atoms with Crippen molar-refractivity contribution in [2.75, 3.05) is 7.11 Å². The fourth-order valence-electron chi connectivity index (χ4n) is 3.58. The lowest BCUT2D eigenvalue weighted by molar-refractivity contribution is -0.384. The molecule has 5 aromatic rings. The predicted molar refractivity (Wildman–Crippen MR) is 109 cm³/mol. The number of nitro benzene ring substituents is 1. The maximum atomic E-state index is 13.4. The molecule has 5 rings (SSSR count). The maximum Gasteiger partial charge on any atom is 0.269 e. The summed E-state index contributed by atoms with van der Waals surface area (Å²) >= 11 is 0. The van der Waals surface area contributed by atoms with Gasteiger partial charge in [-0.25, -0.2) is 4.98 Å². The number of nitrogens with zero attached hydrogens (tertiary/aromatic N) is 4. The third-order valence-electron chi connectivity index (χ3n) is 4.95. The van der Waals surface area contributed by atoms with Gasteiger partial charge in [0.05, 0.1) is 23.9 Å². The van der Waals surface area contributed by atoms with Crippen molar-refractivity contribution in [3.05, 3.63) is 87.3 Å². The van der Waals surface area contributed by atoms with Crippen LogP contribution < -0.4 is 10.3 Å². The van der Waals surface area contributed by atoms with E-state index in [0.29, 0.717) is 33.6 Å². The quantitative estimate of drug-likeness (QED) is 0.348. The Morgan fingerprint density at radius 3 is 2.41 bits per heavy atom. The third-order valence-corrected chi connectivity index (χ3v) is 4.95. The molecule has 3 aromatic heterocycles. The van der Waals surface area contributed by atoms with Crippen LogP contribution in [0.25, 0.3) is 33.3 Å². The van der Waals surface area contributed by atoms with Crippen LogP contribution >= 0.6 is 0 Å². The molecule has 0 amide bonds. The van der Waals surface area contributed by atoms with Gasteiger partial charge in [-0.3, -0.25) is 23.9 Å². The van der Waals surface area contributed by atoms with E-state index in [4.69, 9.17) is 9.72 Å². The highest BCUT2D eigenvalue weighted by Crippen LogP contribution is 2.27. The largest absolute Gasteiger partial charge is 0.495 e. The second kappa shape index (κ2) is 6.16. The first-order valence-corrected chi connectivity index (χ1v) is 8.83. The van der Waals surface area contributed by atoms with Crippen molar-refractivity contribution in [3.63, 3.8) is 0 Å². The molecule has 0 saturated carbocycles. The lowest BCUT2D eigenvalue weighted by atomic mass is 10.1. The Balaban J connectivity index is 1.98. The van der Waals surface area contributed by atoms with Crippen molar-refractivity contribution in [1.82, 2.24) is 14.0 Å². The van der Waals surface area contributed by atoms with Crippen LogP contribution in [-0.2, 0) is 0 Å². The molecule has 3 heterocycles. The summed E-state index contributed by atoms with van der Waals surface area (Å²) in [6.07, 6.45) is 1.76. The van der Waals surface area contributed by atoms with E-state index in [1.165, 1.54) is 16.7 Å². The molecule has 8 nitrogen and oxygen atoms in total. The van der Waals surface area contributed by atoms with E-state index in [1.807, 2.05) is 18.2 Å². The first kappa shape index (κ1) is 16.9. The maximum absolute atomic E-state index is 13.4. The van der Waals surface area contributed by atoms with Crippen molar-refractivity contribution < 1.29 is 9.66 Å². The summed E-state index contributed by atoms with van der Waals surface area (Å²) in [6, 6.07) is 16.8. The van der Waals surface area contributed by atoms with Crippen molar-refractivity contribution in [2.45, 2.75) is 0 Å². The molecular formula is C21H14N4O4. The number of aromatic nitrogens is 3. The van der Waals surface area contributed by atoms with Crippen LogP contribution in [0.2, 0.25) is 0 Å². The lowest BCUT2D eigenvalue weighted by Gasteiger charge is -2.11. The van der Waals surface area contributed by atoms with Crippen molar-refractivity contribution >= 4 is 33.3 Å². The van der Waals surface area contributed by atoms with E-state index in [-0.39, 0.29) is 11.2 Å². The summed E-state index contributed by atoms with van der Waals surface area (Å²) in [5, 5.41) is 12.3. The molecule has 8 heteroatoms. The SMILES string of the molecule is COc1ccc2nc3c4ccccc4c(=O)n(-c4ccc([N+](=O)[O-])cc4)c3n2c1. The Morgan fingerprint density at radius 1 is 1.00 bits per heavy atom. The number of imidazole rings is 1. The minimum absolute atomic E-state index is 0.0429. The molecule has 0 aliphatic rings. The minimum atomic E-state index is -0.471. The summed E-state index contributed by atoms with van der Waals surface area (Å²) < 4.78 is 8.66. The first-order chi connectivity index (χ1) is 14.1. The molecule has 0 saturated heterocycles. The van der Waals surface area contributed by atoms with Crippen LogP contribution in [0.4, 0.5) is 5.69 Å². The van der Waals surface area contributed by atoms with Crippen molar-refractivity contribution in [3.8, 4) is 11.4 Å². The normalized spacial score (nSPS) is 11.3. The third kappa shape index (κ3) is 2.46. The number of methoxy groups -OCH3 is 1. The smallest absolute Gasteiger partial charge is 0.269 e. The summed E-state index contributed by atoms with van der Waals surface area (Å²) in [5.74, 6) is 0.618.